The molecule has 2 aromatic heterocycles. The molecular weight excluding hydrogens is 382 g/mol. The minimum absolute atomic E-state index is 0.260. The van der Waals surface area contributed by atoms with Crippen LogP contribution in [-0.4, -0.2) is 23.9 Å². The summed E-state index contributed by atoms with van der Waals surface area (Å²) in [5.41, 5.74) is 6.15. The van der Waals surface area contributed by atoms with Crippen molar-refractivity contribution in [3.8, 4) is 15.6 Å². The molecule has 25 heavy (non-hydrogen) atoms. The molecule has 2 heterocycles. The minimum Gasteiger partial charge on any atom is -0.495 e. The molecule has 3 rings (SSSR count). The first-order chi connectivity index (χ1) is 12.0. The average molecular weight is 394 g/mol. The zero-order chi connectivity index (χ0) is 18.0. The van der Waals surface area contributed by atoms with Crippen LogP contribution in [0, 0.1) is 0 Å². The van der Waals surface area contributed by atoms with E-state index < -0.39 is 11.8 Å². The molecule has 0 bridgehead atoms. The van der Waals surface area contributed by atoms with Crippen LogP contribution in [0.4, 0.5) is 5.69 Å². The molecule has 0 spiro atoms. The van der Waals surface area contributed by atoms with E-state index in [-0.39, 0.29) is 11.3 Å². The first-order valence-electron chi connectivity index (χ1n) is 6.98. The zero-order valence-corrected chi connectivity index (χ0v) is 15.3. The zero-order valence-electron chi connectivity index (χ0n) is 12.9. The Kier molecular flexibility index (Phi) is 5.03. The van der Waals surface area contributed by atoms with Gasteiger partial charge in [-0.15, -0.1) is 22.7 Å². The number of thiophene rings is 1. The minimum atomic E-state index is -0.594. The summed E-state index contributed by atoms with van der Waals surface area (Å²) in [6, 6.07) is 8.19. The number of halogens is 1. The van der Waals surface area contributed by atoms with Crippen molar-refractivity contribution >= 4 is 51.8 Å². The number of methoxy groups -OCH3 is 1. The summed E-state index contributed by atoms with van der Waals surface area (Å²) in [7, 11) is 1.47. The standard InChI is InChI=1S/C16H12ClN3O3S2/c1-23-11-3-2-8(14(18)21)6-9(11)19-15(22)10-7-24-16(20-10)12-4-5-13(17)25-12/h2-7H,1H3,(H2,18,21)(H,19,22). The van der Waals surface area contributed by atoms with Gasteiger partial charge in [0.25, 0.3) is 5.91 Å². The van der Waals surface area contributed by atoms with Gasteiger partial charge in [0, 0.05) is 10.9 Å². The number of rotatable bonds is 5. The third-order valence-electron chi connectivity index (χ3n) is 3.25. The van der Waals surface area contributed by atoms with Crippen LogP contribution >= 0.6 is 34.3 Å². The number of carbonyl (C=O) groups excluding carboxylic acids is 2. The maximum atomic E-state index is 12.5. The molecule has 9 heteroatoms. The van der Waals surface area contributed by atoms with Gasteiger partial charge in [0.1, 0.15) is 16.5 Å². The summed E-state index contributed by atoms with van der Waals surface area (Å²) in [6.07, 6.45) is 0. The van der Waals surface area contributed by atoms with Gasteiger partial charge in [-0.3, -0.25) is 9.59 Å². The molecule has 6 nitrogen and oxygen atoms in total. The first kappa shape index (κ1) is 17.4. The van der Waals surface area contributed by atoms with Crippen LogP contribution in [0.15, 0.2) is 35.7 Å². The van der Waals surface area contributed by atoms with Crippen molar-refractivity contribution in [2.24, 2.45) is 5.73 Å². The Hall–Kier alpha value is -2.42. The van der Waals surface area contributed by atoms with E-state index in [1.807, 2.05) is 6.07 Å². The van der Waals surface area contributed by atoms with E-state index in [1.165, 1.54) is 41.9 Å². The van der Waals surface area contributed by atoms with Crippen molar-refractivity contribution in [1.29, 1.82) is 0 Å². The van der Waals surface area contributed by atoms with E-state index in [2.05, 4.69) is 10.3 Å². The average Bonchev–Trinajstić information content (AvgIpc) is 3.23. The first-order valence-corrected chi connectivity index (χ1v) is 9.06. The number of nitrogens with two attached hydrogens (primary N) is 1. The largest absolute Gasteiger partial charge is 0.495 e. The summed E-state index contributed by atoms with van der Waals surface area (Å²) in [5.74, 6) is -0.590. The quantitative estimate of drug-likeness (QED) is 0.687. The normalized spacial score (nSPS) is 10.5. The van der Waals surface area contributed by atoms with Gasteiger partial charge < -0.3 is 15.8 Å². The molecule has 0 aliphatic rings. The second-order valence-electron chi connectivity index (χ2n) is 4.88. The highest BCUT2D eigenvalue weighted by Crippen LogP contribution is 2.33. The number of aromatic nitrogens is 1. The van der Waals surface area contributed by atoms with Crippen LogP contribution in [0.2, 0.25) is 4.34 Å². The van der Waals surface area contributed by atoms with Crippen molar-refractivity contribution in [3.05, 3.63) is 51.3 Å². The van der Waals surface area contributed by atoms with E-state index in [1.54, 1.807) is 17.5 Å². The molecule has 0 saturated heterocycles. The Balaban J connectivity index is 1.84. The second-order valence-corrected chi connectivity index (χ2v) is 7.45. The number of nitrogens with one attached hydrogen (secondary N) is 1. The lowest BCUT2D eigenvalue weighted by molar-refractivity contribution is 0.0995. The number of anilines is 1. The van der Waals surface area contributed by atoms with Crippen LogP contribution in [-0.2, 0) is 0 Å². The van der Waals surface area contributed by atoms with Crippen LogP contribution in [0.5, 0.6) is 5.75 Å². The molecule has 3 aromatic rings. The Morgan fingerprint density at radius 3 is 2.72 bits per heavy atom. The maximum Gasteiger partial charge on any atom is 0.275 e. The molecule has 3 N–H and O–H groups in total. The Bertz CT molecular complexity index is 952. The van der Waals surface area contributed by atoms with Gasteiger partial charge in [-0.05, 0) is 30.3 Å². The molecule has 2 amide bonds. The summed E-state index contributed by atoms with van der Waals surface area (Å²) in [6.45, 7) is 0. The topological polar surface area (TPSA) is 94.3 Å². The van der Waals surface area contributed by atoms with Gasteiger partial charge in [-0.2, -0.15) is 0 Å². The number of nitrogens with zero attached hydrogens (tertiary/aromatic N) is 1. The fourth-order valence-corrected chi connectivity index (χ4v) is 3.98. The lowest BCUT2D eigenvalue weighted by Gasteiger charge is -2.10. The third-order valence-corrected chi connectivity index (χ3v) is 5.50. The van der Waals surface area contributed by atoms with Gasteiger partial charge in [-0.25, -0.2) is 4.98 Å². The number of benzene rings is 1. The van der Waals surface area contributed by atoms with E-state index in [9.17, 15) is 9.59 Å². The van der Waals surface area contributed by atoms with Gasteiger partial charge in [0.05, 0.1) is 22.0 Å². The summed E-state index contributed by atoms with van der Waals surface area (Å²) in [5, 5.41) is 5.06. The predicted molar refractivity (Wildman–Crippen MR) is 99.9 cm³/mol. The number of hydrogen-bond donors (Lipinski definition) is 2. The highest BCUT2D eigenvalue weighted by atomic mass is 35.5. The van der Waals surface area contributed by atoms with Crippen molar-refractivity contribution < 1.29 is 14.3 Å². The van der Waals surface area contributed by atoms with Gasteiger partial charge >= 0.3 is 0 Å². The third kappa shape index (κ3) is 3.81. The molecule has 0 saturated carbocycles. The van der Waals surface area contributed by atoms with Crippen molar-refractivity contribution in [1.82, 2.24) is 4.98 Å². The van der Waals surface area contributed by atoms with E-state index in [0.29, 0.717) is 20.8 Å². The van der Waals surface area contributed by atoms with E-state index in [4.69, 9.17) is 22.1 Å². The van der Waals surface area contributed by atoms with E-state index >= 15 is 0 Å². The molecule has 0 aliphatic carbocycles. The molecular formula is C16H12ClN3O3S2. The Labute approximate surface area is 156 Å². The van der Waals surface area contributed by atoms with Crippen LogP contribution in [0.25, 0.3) is 9.88 Å². The fourth-order valence-electron chi connectivity index (χ4n) is 2.07. The molecule has 0 fully saturated rings. The van der Waals surface area contributed by atoms with Crippen LogP contribution in [0.1, 0.15) is 20.8 Å². The number of amides is 2. The van der Waals surface area contributed by atoms with Gasteiger partial charge in [-0.1, -0.05) is 11.6 Å². The van der Waals surface area contributed by atoms with Gasteiger partial charge in [0.15, 0.2) is 0 Å². The van der Waals surface area contributed by atoms with Crippen molar-refractivity contribution in [2.45, 2.75) is 0 Å². The predicted octanol–water partition coefficient (Wildman–Crippen LogP) is 3.88. The number of ether oxygens (including phenoxy) is 1. The lowest BCUT2D eigenvalue weighted by atomic mass is 10.1. The SMILES string of the molecule is COc1ccc(C(N)=O)cc1NC(=O)c1csc(-c2ccc(Cl)s2)n1. The van der Waals surface area contributed by atoms with Crippen molar-refractivity contribution in [2.75, 3.05) is 12.4 Å². The van der Waals surface area contributed by atoms with Crippen molar-refractivity contribution in [3.63, 3.8) is 0 Å². The lowest BCUT2D eigenvalue weighted by Crippen LogP contribution is -2.15. The molecule has 0 radical (unpaired) electrons. The Morgan fingerprint density at radius 2 is 2.08 bits per heavy atom. The smallest absolute Gasteiger partial charge is 0.275 e. The molecule has 0 aliphatic heterocycles. The highest BCUT2D eigenvalue weighted by molar-refractivity contribution is 7.23. The summed E-state index contributed by atoms with van der Waals surface area (Å²) < 4.78 is 5.85. The summed E-state index contributed by atoms with van der Waals surface area (Å²) >= 11 is 8.66. The van der Waals surface area contributed by atoms with Gasteiger partial charge in [0.2, 0.25) is 5.91 Å². The summed E-state index contributed by atoms with van der Waals surface area (Å²) in [4.78, 5) is 29.0. The van der Waals surface area contributed by atoms with Crippen LogP contribution in [0.3, 0.4) is 0 Å². The Morgan fingerprint density at radius 1 is 1.28 bits per heavy atom. The second kappa shape index (κ2) is 7.22. The van der Waals surface area contributed by atoms with E-state index in [0.717, 1.165) is 4.88 Å². The highest BCUT2D eigenvalue weighted by Gasteiger charge is 2.16. The molecule has 0 unspecified atom stereocenters. The molecule has 1 aromatic carbocycles. The fraction of sp³-hybridized carbons (Fsp3) is 0.0625. The maximum absolute atomic E-state index is 12.5. The molecule has 128 valence electrons. The number of hydrogen-bond acceptors (Lipinski definition) is 6. The number of carbonyl (C=O) groups is 2. The number of primary amides is 1. The number of thiazole rings is 1. The van der Waals surface area contributed by atoms with Crippen LogP contribution < -0.4 is 15.8 Å². The molecule has 0 atom stereocenters. The monoisotopic (exact) mass is 393 g/mol.